The third-order valence-corrected chi connectivity index (χ3v) is 2.79. The highest BCUT2D eigenvalue weighted by Crippen LogP contribution is 2.20. The first-order valence-electron chi connectivity index (χ1n) is 5.45. The van der Waals surface area contributed by atoms with E-state index in [1.807, 2.05) is 28.8 Å². The Hall–Kier alpha value is -1.88. The van der Waals surface area contributed by atoms with Crippen molar-refractivity contribution in [3.05, 3.63) is 36.3 Å². The first-order chi connectivity index (χ1) is 8.26. The molecule has 5 heteroatoms. The molecule has 0 fully saturated rings. The number of hydrogen-bond donors (Lipinski definition) is 1. The second-order valence-electron chi connectivity index (χ2n) is 3.82. The molecular weight excluding hydrogens is 218 g/mol. The molecular formula is C12H15N3O2. The van der Waals surface area contributed by atoms with E-state index in [9.17, 15) is 4.79 Å². The Morgan fingerprint density at radius 3 is 3.12 bits per heavy atom. The highest BCUT2D eigenvalue weighted by molar-refractivity contribution is 5.70. The molecule has 2 N–H and O–H groups in total. The maximum atomic E-state index is 11.3. The minimum absolute atomic E-state index is 0.0696. The van der Waals surface area contributed by atoms with Gasteiger partial charge in [0.1, 0.15) is 5.65 Å². The fraction of sp³-hybridized carbons (Fsp3) is 0.333. The Bertz CT molecular complexity index is 521. The lowest BCUT2D eigenvalue weighted by Gasteiger charge is -2.12. The second kappa shape index (κ2) is 4.97. The highest BCUT2D eigenvalue weighted by atomic mass is 16.5. The van der Waals surface area contributed by atoms with Gasteiger partial charge >= 0.3 is 5.97 Å². The summed E-state index contributed by atoms with van der Waals surface area (Å²) in [5.74, 6) is -0.328. The number of carbonyl (C=O) groups excluding carboxylic acids is 1. The number of aromatic nitrogens is 2. The molecule has 2 heterocycles. The monoisotopic (exact) mass is 233 g/mol. The van der Waals surface area contributed by atoms with Crippen molar-refractivity contribution in [2.45, 2.75) is 12.3 Å². The molecule has 0 aromatic carbocycles. The summed E-state index contributed by atoms with van der Waals surface area (Å²) in [5.41, 5.74) is 7.50. The van der Waals surface area contributed by atoms with Gasteiger partial charge in [-0.15, -0.1) is 0 Å². The van der Waals surface area contributed by atoms with E-state index in [0.717, 1.165) is 11.3 Å². The molecule has 0 radical (unpaired) electrons. The van der Waals surface area contributed by atoms with Gasteiger partial charge in [0, 0.05) is 30.6 Å². The molecule has 0 spiro atoms. The summed E-state index contributed by atoms with van der Waals surface area (Å²) in [7, 11) is 1.38. The second-order valence-corrected chi connectivity index (χ2v) is 3.82. The van der Waals surface area contributed by atoms with E-state index in [0.29, 0.717) is 6.54 Å². The van der Waals surface area contributed by atoms with Crippen LogP contribution in [0, 0.1) is 0 Å². The van der Waals surface area contributed by atoms with E-state index in [2.05, 4.69) is 9.72 Å². The fourth-order valence-corrected chi connectivity index (χ4v) is 1.85. The molecule has 0 bridgehead atoms. The van der Waals surface area contributed by atoms with Crippen LogP contribution in [0.5, 0.6) is 0 Å². The van der Waals surface area contributed by atoms with Gasteiger partial charge in [-0.1, -0.05) is 6.07 Å². The number of carbonyl (C=O) groups is 1. The number of methoxy groups -OCH3 is 1. The van der Waals surface area contributed by atoms with E-state index in [1.165, 1.54) is 7.11 Å². The van der Waals surface area contributed by atoms with Crippen LogP contribution in [0.1, 0.15) is 18.0 Å². The van der Waals surface area contributed by atoms with Crippen molar-refractivity contribution < 1.29 is 9.53 Å². The van der Waals surface area contributed by atoms with Gasteiger partial charge in [0.15, 0.2) is 0 Å². The number of esters is 1. The lowest BCUT2D eigenvalue weighted by molar-refractivity contribution is -0.141. The van der Waals surface area contributed by atoms with Crippen molar-refractivity contribution >= 4 is 11.6 Å². The number of imidazole rings is 1. The maximum Gasteiger partial charge on any atom is 0.306 e. The summed E-state index contributed by atoms with van der Waals surface area (Å²) in [6.07, 6.45) is 3.95. The van der Waals surface area contributed by atoms with Crippen molar-refractivity contribution in [1.82, 2.24) is 9.38 Å². The van der Waals surface area contributed by atoms with Crippen molar-refractivity contribution in [3.8, 4) is 0 Å². The van der Waals surface area contributed by atoms with Gasteiger partial charge in [0.2, 0.25) is 0 Å². The smallest absolute Gasteiger partial charge is 0.306 e. The Morgan fingerprint density at radius 2 is 2.41 bits per heavy atom. The van der Waals surface area contributed by atoms with Crippen molar-refractivity contribution in [1.29, 1.82) is 0 Å². The molecule has 2 rings (SSSR count). The average molecular weight is 233 g/mol. The molecule has 90 valence electrons. The van der Waals surface area contributed by atoms with Crippen LogP contribution < -0.4 is 5.73 Å². The lowest BCUT2D eigenvalue weighted by Crippen LogP contribution is -2.18. The summed E-state index contributed by atoms with van der Waals surface area (Å²) in [6.45, 7) is 0.387. The van der Waals surface area contributed by atoms with Crippen LogP contribution in [-0.4, -0.2) is 29.0 Å². The van der Waals surface area contributed by atoms with Crippen LogP contribution in [0.3, 0.4) is 0 Å². The molecule has 0 amide bonds. The normalized spacial score (nSPS) is 12.6. The van der Waals surface area contributed by atoms with Gasteiger partial charge in [-0.3, -0.25) is 4.79 Å². The number of ether oxygens (including phenoxy) is 1. The third-order valence-electron chi connectivity index (χ3n) is 2.79. The fourth-order valence-electron chi connectivity index (χ4n) is 1.85. The summed E-state index contributed by atoms with van der Waals surface area (Å²) in [6, 6.07) is 5.75. The standard InChI is InChI=1S/C12H15N3O2/c1-17-12(16)6-9(7-13)10-8-14-11-4-2-3-5-15(10)11/h2-5,8-9H,6-7,13H2,1H3. The Balaban J connectivity index is 2.33. The third kappa shape index (κ3) is 2.29. The molecule has 1 unspecified atom stereocenters. The van der Waals surface area contributed by atoms with Crippen LogP contribution >= 0.6 is 0 Å². The molecule has 2 aromatic rings. The zero-order chi connectivity index (χ0) is 12.3. The molecule has 0 saturated carbocycles. The van der Waals surface area contributed by atoms with E-state index in [-0.39, 0.29) is 18.3 Å². The van der Waals surface area contributed by atoms with Gasteiger partial charge in [-0.05, 0) is 12.1 Å². The van der Waals surface area contributed by atoms with Crippen molar-refractivity contribution in [3.63, 3.8) is 0 Å². The number of pyridine rings is 1. The zero-order valence-corrected chi connectivity index (χ0v) is 9.67. The quantitative estimate of drug-likeness (QED) is 0.798. The highest BCUT2D eigenvalue weighted by Gasteiger charge is 2.18. The van der Waals surface area contributed by atoms with E-state index in [1.54, 1.807) is 6.20 Å². The number of hydrogen-bond acceptors (Lipinski definition) is 4. The maximum absolute atomic E-state index is 11.3. The Labute approximate surface area is 99.2 Å². The number of rotatable bonds is 4. The molecule has 0 aliphatic heterocycles. The van der Waals surface area contributed by atoms with Gasteiger partial charge in [-0.25, -0.2) is 4.98 Å². The van der Waals surface area contributed by atoms with Gasteiger partial charge in [-0.2, -0.15) is 0 Å². The largest absolute Gasteiger partial charge is 0.469 e. The van der Waals surface area contributed by atoms with Gasteiger partial charge < -0.3 is 14.9 Å². The molecule has 0 saturated heterocycles. The first kappa shape index (κ1) is 11.6. The van der Waals surface area contributed by atoms with Crippen molar-refractivity contribution in [2.75, 3.05) is 13.7 Å². The average Bonchev–Trinajstić information content (AvgIpc) is 2.79. The number of fused-ring (bicyclic) bond motifs is 1. The Morgan fingerprint density at radius 1 is 1.59 bits per heavy atom. The van der Waals surface area contributed by atoms with E-state index in [4.69, 9.17) is 5.73 Å². The van der Waals surface area contributed by atoms with Crippen LogP contribution in [0.15, 0.2) is 30.6 Å². The lowest BCUT2D eigenvalue weighted by atomic mass is 10.0. The Kier molecular flexibility index (Phi) is 3.39. The first-order valence-corrected chi connectivity index (χ1v) is 5.45. The molecule has 0 aliphatic carbocycles. The summed E-state index contributed by atoms with van der Waals surface area (Å²) >= 11 is 0. The van der Waals surface area contributed by atoms with Crippen LogP contribution in [0.4, 0.5) is 0 Å². The van der Waals surface area contributed by atoms with Crippen LogP contribution in [0.2, 0.25) is 0 Å². The number of nitrogens with two attached hydrogens (primary N) is 1. The summed E-state index contributed by atoms with van der Waals surface area (Å²) in [5, 5.41) is 0. The topological polar surface area (TPSA) is 69.6 Å². The van der Waals surface area contributed by atoms with Gasteiger partial charge in [0.25, 0.3) is 0 Å². The van der Waals surface area contributed by atoms with E-state index >= 15 is 0 Å². The minimum Gasteiger partial charge on any atom is -0.469 e. The summed E-state index contributed by atoms with van der Waals surface area (Å²) in [4.78, 5) is 15.6. The predicted molar refractivity (Wildman–Crippen MR) is 63.6 cm³/mol. The predicted octanol–water partition coefficient (Wildman–Crippen LogP) is 0.940. The molecule has 17 heavy (non-hydrogen) atoms. The van der Waals surface area contributed by atoms with E-state index < -0.39 is 0 Å². The SMILES string of the molecule is COC(=O)CC(CN)c1cnc2ccccn12. The van der Waals surface area contributed by atoms with Gasteiger partial charge in [0.05, 0.1) is 13.5 Å². The minimum atomic E-state index is -0.258. The molecule has 5 nitrogen and oxygen atoms in total. The van der Waals surface area contributed by atoms with Crippen LogP contribution in [0.25, 0.3) is 5.65 Å². The van der Waals surface area contributed by atoms with Crippen LogP contribution in [-0.2, 0) is 9.53 Å². The zero-order valence-electron chi connectivity index (χ0n) is 9.67. The molecule has 0 aliphatic rings. The molecule has 1 atom stereocenters. The number of nitrogens with zero attached hydrogens (tertiary/aromatic N) is 2. The summed E-state index contributed by atoms with van der Waals surface area (Å²) < 4.78 is 6.61. The van der Waals surface area contributed by atoms with Crippen molar-refractivity contribution in [2.24, 2.45) is 5.73 Å². The molecule has 2 aromatic heterocycles.